The number of H-pyrrole nitrogens is 1. The molecule has 0 amide bonds. The van der Waals surface area contributed by atoms with Crippen molar-refractivity contribution in [2.45, 2.75) is 39.2 Å². The first-order valence-corrected chi connectivity index (χ1v) is 6.49. The van der Waals surface area contributed by atoms with Crippen LogP contribution >= 0.6 is 12.2 Å². The summed E-state index contributed by atoms with van der Waals surface area (Å²) in [4.78, 5) is 24.9. The van der Waals surface area contributed by atoms with E-state index in [-0.39, 0.29) is 11.7 Å². The first-order chi connectivity index (χ1) is 8.63. The molecule has 18 heavy (non-hydrogen) atoms. The Kier molecular flexibility index (Phi) is 6.35. The van der Waals surface area contributed by atoms with Gasteiger partial charge < -0.3 is 9.30 Å². The first kappa shape index (κ1) is 14.6. The molecule has 0 aliphatic rings. The Morgan fingerprint density at radius 3 is 2.89 bits per heavy atom. The minimum absolute atomic E-state index is 0.165. The monoisotopic (exact) mass is 270 g/mol. The van der Waals surface area contributed by atoms with Gasteiger partial charge in [0, 0.05) is 19.2 Å². The molecule has 6 heteroatoms. The number of carbonyl (C=O) groups excluding carboxylic acids is 1. The Bertz CT molecular complexity index is 493. The predicted molar refractivity (Wildman–Crippen MR) is 71.0 cm³/mol. The summed E-state index contributed by atoms with van der Waals surface area (Å²) in [5, 5.41) is 0. The van der Waals surface area contributed by atoms with E-state index in [1.807, 2.05) is 0 Å². The van der Waals surface area contributed by atoms with E-state index >= 15 is 0 Å². The van der Waals surface area contributed by atoms with E-state index in [0.717, 1.165) is 19.3 Å². The van der Waals surface area contributed by atoms with E-state index in [4.69, 9.17) is 17.0 Å². The van der Waals surface area contributed by atoms with Crippen molar-refractivity contribution < 1.29 is 9.53 Å². The third-order valence-corrected chi connectivity index (χ3v) is 2.73. The minimum Gasteiger partial charge on any atom is -0.466 e. The Balaban J connectivity index is 2.20. The van der Waals surface area contributed by atoms with Gasteiger partial charge in [0.1, 0.15) is 4.64 Å². The summed E-state index contributed by atoms with van der Waals surface area (Å²) in [6.45, 7) is 2.87. The van der Waals surface area contributed by atoms with Gasteiger partial charge in [0.15, 0.2) is 0 Å². The molecule has 0 unspecified atom stereocenters. The number of hydrogen-bond acceptors (Lipinski definition) is 4. The smallest absolute Gasteiger partial charge is 0.326 e. The molecule has 100 valence electrons. The highest BCUT2D eigenvalue weighted by atomic mass is 32.1. The van der Waals surface area contributed by atoms with Gasteiger partial charge in [0.25, 0.3) is 0 Å². The van der Waals surface area contributed by atoms with Crippen molar-refractivity contribution in [3.63, 3.8) is 0 Å². The number of aryl methyl sites for hydroxylation is 1. The standard InChI is InChI=1S/C12H18N2O3S/c1-2-11(15)17-9-5-3-4-7-14-8-6-10(18)13-12(14)16/h6,8H,2-5,7,9H2,1H3,(H,13,16,18). The molecule has 1 rings (SSSR count). The maximum Gasteiger partial charge on any atom is 0.326 e. The molecule has 1 heterocycles. The molecule has 1 aromatic heterocycles. The van der Waals surface area contributed by atoms with Gasteiger partial charge in [-0.25, -0.2) is 4.79 Å². The van der Waals surface area contributed by atoms with Crippen LogP contribution in [-0.4, -0.2) is 22.1 Å². The summed E-state index contributed by atoms with van der Waals surface area (Å²) in [5.41, 5.74) is -0.181. The van der Waals surface area contributed by atoms with Crippen LogP contribution in [0.4, 0.5) is 0 Å². The van der Waals surface area contributed by atoms with Gasteiger partial charge in [-0.05, 0) is 25.3 Å². The number of nitrogens with one attached hydrogen (secondary N) is 1. The molecule has 5 nitrogen and oxygen atoms in total. The fraction of sp³-hybridized carbons (Fsp3) is 0.583. The fourth-order valence-electron chi connectivity index (χ4n) is 1.47. The van der Waals surface area contributed by atoms with Gasteiger partial charge in [-0.15, -0.1) is 0 Å². The molecule has 0 radical (unpaired) electrons. The molecule has 0 spiro atoms. The summed E-state index contributed by atoms with van der Waals surface area (Å²) < 4.78 is 6.99. The van der Waals surface area contributed by atoms with Crippen LogP contribution in [0.1, 0.15) is 32.6 Å². The molecule has 1 aromatic rings. The van der Waals surface area contributed by atoms with Crippen LogP contribution in [0.5, 0.6) is 0 Å². The van der Waals surface area contributed by atoms with Gasteiger partial charge in [0.05, 0.1) is 6.61 Å². The lowest BCUT2D eigenvalue weighted by Crippen LogP contribution is -2.22. The zero-order valence-electron chi connectivity index (χ0n) is 10.5. The second-order valence-electron chi connectivity index (χ2n) is 3.94. The number of esters is 1. The molecule has 0 atom stereocenters. The molecule has 0 aromatic carbocycles. The lowest BCUT2D eigenvalue weighted by atomic mass is 10.2. The third kappa shape index (κ3) is 5.27. The van der Waals surface area contributed by atoms with Gasteiger partial charge in [-0.3, -0.25) is 9.78 Å². The molecule has 0 bridgehead atoms. The number of unbranched alkanes of at least 4 members (excludes halogenated alkanes) is 2. The SMILES string of the molecule is CCC(=O)OCCCCCn1ccc(=S)[nH]c1=O. The molecule has 1 N–H and O–H groups in total. The summed E-state index contributed by atoms with van der Waals surface area (Å²) >= 11 is 4.85. The zero-order valence-corrected chi connectivity index (χ0v) is 11.3. The van der Waals surface area contributed by atoms with Crippen molar-refractivity contribution in [3.05, 3.63) is 27.4 Å². The number of hydrogen-bond donors (Lipinski definition) is 1. The number of nitrogens with zero attached hydrogens (tertiary/aromatic N) is 1. The zero-order chi connectivity index (χ0) is 13.4. The number of ether oxygens (including phenoxy) is 1. The van der Waals surface area contributed by atoms with E-state index in [9.17, 15) is 9.59 Å². The predicted octanol–water partition coefficient (Wildman–Crippen LogP) is 2.03. The van der Waals surface area contributed by atoms with Crippen molar-refractivity contribution in [2.24, 2.45) is 0 Å². The molecule has 0 aliphatic heterocycles. The van der Waals surface area contributed by atoms with Gasteiger partial charge in [-0.2, -0.15) is 0 Å². The second kappa shape index (κ2) is 7.81. The Morgan fingerprint density at radius 2 is 2.22 bits per heavy atom. The van der Waals surface area contributed by atoms with E-state index in [0.29, 0.717) is 24.2 Å². The average Bonchev–Trinajstić information content (AvgIpc) is 2.35. The third-order valence-electron chi connectivity index (χ3n) is 2.49. The Hall–Kier alpha value is -1.43. The summed E-state index contributed by atoms with van der Waals surface area (Å²) in [7, 11) is 0. The quantitative estimate of drug-likeness (QED) is 0.468. The summed E-state index contributed by atoms with van der Waals surface area (Å²) in [6, 6.07) is 1.69. The summed E-state index contributed by atoms with van der Waals surface area (Å²) in [6.07, 6.45) is 4.72. The van der Waals surface area contributed by atoms with E-state index in [1.165, 1.54) is 0 Å². The van der Waals surface area contributed by atoms with Gasteiger partial charge >= 0.3 is 11.7 Å². The number of rotatable bonds is 7. The topological polar surface area (TPSA) is 64.1 Å². The van der Waals surface area contributed by atoms with Crippen molar-refractivity contribution in [2.75, 3.05) is 6.61 Å². The Morgan fingerprint density at radius 1 is 1.44 bits per heavy atom. The molecule has 0 aliphatic carbocycles. The van der Waals surface area contributed by atoms with Crippen molar-refractivity contribution in [1.29, 1.82) is 0 Å². The number of aromatic amines is 1. The van der Waals surface area contributed by atoms with Crippen LogP contribution in [0.25, 0.3) is 0 Å². The van der Waals surface area contributed by atoms with E-state index in [1.54, 1.807) is 23.8 Å². The normalized spacial score (nSPS) is 10.3. The Labute approximate surface area is 111 Å². The van der Waals surface area contributed by atoms with Crippen molar-refractivity contribution in [1.82, 2.24) is 9.55 Å². The molecular weight excluding hydrogens is 252 g/mol. The molecular formula is C12H18N2O3S. The van der Waals surface area contributed by atoms with Crippen LogP contribution in [0, 0.1) is 4.64 Å². The average molecular weight is 270 g/mol. The lowest BCUT2D eigenvalue weighted by molar-refractivity contribution is -0.143. The maximum atomic E-state index is 11.5. The minimum atomic E-state index is -0.181. The van der Waals surface area contributed by atoms with E-state index in [2.05, 4.69) is 4.98 Å². The van der Waals surface area contributed by atoms with Crippen molar-refractivity contribution in [3.8, 4) is 0 Å². The van der Waals surface area contributed by atoms with Crippen LogP contribution < -0.4 is 5.69 Å². The van der Waals surface area contributed by atoms with Gasteiger partial charge in [0.2, 0.25) is 0 Å². The van der Waals surface area contributed by atoms with Crippen LogP contribution in [0.2, 0.25) is 0 Å². The largest absolute Gasteiger partial charge is 0.466 e. The highest BCUT2D eigenvalue weighted by Crippen LogP contribution is 1.99. The highest BCUT2D eigenvalue weighted by molar-refractivity contribution is 7.71. The van der Waals surface area contributed by atoms with E-state index < -0.39 is 0 Å². The summed E-state index contributed by atoms with van der Waals surface area (Å²) in [5.74, 6) is -0.165. The molecule has 0 fully saturated rings. The number of carbonyl (C=O) groups is 1. The highest BCUT2D eigenvalue weighted by Gasteiger charge is 1.98. The van der Waals surface area contributed by atoms with Crippen LogP contribution in [0.15, 0.2) is 17.1 Å². The number of aromatic nitrogens is 2. The lowest BCUT2D eigenvalue weighted by Gasteiger charge is -2.05. The molecule has 0 saturated heterocycles. The first-order valence-electron chi connectivity index (χ1n) is 6.09. The molecule has 0 saturated carbocycles. The van der Waals surface area contributed by atoms with Crippen LogP contribution in [-0.2, 0) is 16.1 Å². The van der Waals surface area contributed by atoms with Crippen LogP contribution in [0.3, 0.4) is 0 Å². The second-order valence-corrected chi connectivity index (χ2v) is 4.38. The fourth-order valence-corrected chi connectivity index (χ4v) is 1.62. The van der Waals surface area contributed by atoms with Crippen molar-refractivity contribution >= 4 is 18.2 Å². The van der Waals surface area contributed by atoms with Gasteiger partial charge in [-0.1, -0.05) is 19.1 Å². The maximum absolute atomic E-state index is 11.5.